The van der Waals surface area contributed by atoms with E-state index in [4.69, 9.17) is 14.7 Å². The number of benzene rings is 5. The Balaban J connectivity index is 0.00000722. The zero-order valence-electron chi connectivity index (χ0n) is 45.2. The van der Waals surface area contributed by atoms with Crippen LogP contribution in [0.15, 0.2) is 108 Å². The minimum Gasteiger partial charge on any atom is -0.503 e. The van der Waals surface area contributed by atoms with Crippen molar-refractivity contribution in [3.8, 4) is 22.6 Å². The number of aromatic nitrogens is 1. The van der Waals surface area contributed by atoms with E-state index in [1.807, 2.05) is 6.20 Å². The van der Waals surface area contributed by atoms with Gasteiger partial charge in [0.05, 0.1) is 11.9 Å². The van der Waals surface area contributed by atoms with E-state index in [1.54, 1.807) is 0 Å². The summed E-state index contributed by atoms with van der Waals surface area (Å²) >= 11 is 0. The van der Waals surface area contributed by atoms with Gasteiger partial charge < -0.3 is 19.5 Å². The molecule has 0 saturated carbocycles. The molecule has 0 unspecified atom stereocenters. The fourth-order valence-corrected chi connectivity index (χ4v) is 11.4. The summed E-state index contributed by atoms with van der Waals surface area (Å²) < 4.78 is 7.21. The molecule has 5 nitrogen and oxygen atoms in total. The Morgan fingerprint density at radius 1 is 0.643 bits per heavy atom. The molecule has 0 N–H and O–H groups in total. The molecule has 0 bridgehead atoms. The number of para-hydroxylation sites is 2. The maximum absolute atomic E-state index is 7.21. The molecule has 0 amide bonds. The Kier molecular flexibility index (Phi) is 15.6. The smallest absolute Gasteiger partial charge is 0.503 e. The van der Waals surface area contributed by atoms with Gasteiger partial charge in [-0.15, -0.1) is 29.3 Å². The second-order valence-corrected chi connectivity index (χ2v) is 23.4. The van der Waals surface area contributed by atoms with Crippen LogP contribution in [0.4, 0.5) is 22.9 Å². The first-order chi connectivity index (χ1) is 32.6. The number of hydrogen-bond acceptors (Lipinski definition) is 5. The second kappa shape index (κ2) is 20.6. The molecule has 0 spiro atoms. The minimum absolute atomic E-state index is 0. The van der Waals surface area contributed by atoms with E-state index in [1.165, 1.54) is 50.2 Å². The van der Waals surface area contributed by atoms with Crippen LogP contribution in [0, 0.1) is 29.9 Å². The Bertz CT molecular complexity index is 2800. The fraction of sp³-hybridized carbons (Fsp3) is 0.438. The van der Waals surface area contributed by atoms with Crippen molar-refractivity contribution in [1.82, 2.24) is 4.98 Å². The van der Waals surface area contributed by atoms with E-state index in [0.717, 1.165) is 40.7 Å². The normalized spacial score (nSPS) is 15.7. The maximum atomic E-state index is 7.21. The monoisotopic (exact) mass is 1110 g/mol. The van der Waals surface area contributed by atoms with E-state index >= 15 is 0 Å². The number of nitrogens with zero attached hydrogens (tertiary/aromatic N) is 4. The van der Waals surface area contributed by atoms with E-state index in [-0.39, 0.29) is 37.9 Å². The van der Waals surface area contributed by atoms with Crippen molar-refractivity contribution in [3.63, 3.8) is 0 Å². The number of anilines is 4. The maximum Gasteiger partial charge on any atom is 2.00 e. The fourth-order valence-electron chi connectivity index (χ4n) is 11.4. The summed E-state index contributed by atoms with van der Waals surface area (Å²) in [5, 5.41) is 0. The van der Waals surface area contributed by atoms with Crippen LogP contribution in [-0.2, 0) is 31.9 Å². The number of rotatable bonds is 13. The van der Waals surface area contributed by atoms with Crippen LogP contribution in [0.3, 0.4) is 0 Å². The van der Waals surface area contributed by atoms with Crippen LogP contribution in [-0.4, -0.2) is 23.4 Å². The van der Waals surface area contributed by atoms with E-state index in [0.29, 0.717) is 52.9 Å². The number of fused-ring (bicyclic) bond motifs is 2. The SMILES string of the molecule is CC(C)c1cccc(C(C)C)c1-c1cc(Oc2[c-]c3c(cc2)C(C)(C)c2ccccc2N3c2cc(C(C)(C)C)ccn2)[c-]c(C2=N[C@H](C(C(C)C)C(C)C)CN2c2c(C(C)C)cccc2C(C)C)c1.[Pt+2]. The van der Waals surface area contributed by atoms with Gasteiger partial charge in [0.15, 0.2) is 0 Å². The Labute approximate surface area is 436 Å². The molecule has 6 heteroatoms. The zero-order valence-corrected chi connectivity index (χ0v) is 47.4. The third kappa shape index (κ3) is 10.1. The molecule has 0 radical (unpaired) electrons. The third-order valence-electron chi connectivity index (χ3n) is 14.9. The first-order valence-corrected chi connectivity index (χ1v) is 25.9. The van der Waals surface area contributed by atoms with Gasteiger partial charge in [0.2, 0.25) is 0 Å². The predicted octanol–water partition coefficient (Wildman–Crippen LogP) is 17.6. The quantitative estimate of drug-likeness (QED) is 0.108. The topological polar surface area (TPSA) is 41.0 Å². The average molecular weight is 1110 g/mol. The molecule has 1 aromatic heterocycles. The molecule has 8 rings (SSSR count). The Morgan fingerprint density at radius 2 is 1.23 bits per heavy atom. The van der Waals surface area contributed by atoms with Crippen molar-refractivity contribution in [2.75, 3.05) is 16.3 Å². The zero-order chi connectivity index (χ0) is 49.9. The standard InChI is InChI=1S/C64H78N4O.Pt/c1-38(2)49-22-20-23-50(39(3)4)60(49)44-32-45(62-66-55(59(42(9)10)43(11)12)37-67(62)61-51(40(5)6)24-21-25-52(61)41(7)8)34-48(33-44)69-47-28-29-54-57(36-47)68(56-27-19-18-26-53(56)64(54,16)17)58-35-46(30-31-65-58)63(13,14)15;/h18-33,35,38-43,55,59H,37H2,1-17H3;/q-2;+2/t55-;/m0./s1. The molecule has 0 aliphatic carbocycles. The third-order valence-corrected chi connectivity index (χ3v) is 14.9. The van der Waals surface area contributed by atoms with Gasteiger partial charge in [0, 0.05) is 35.6 Å². The van der Waals surface area contributed by atoms with Crippen LogP contribution >= 0.6 is 0 Å². The van der Waals surface area contributed by atoms with Gasteiger partial charge in [-0.05, 0) is 109 Å². The summed E-state index contributed by atoms with van der Waals surface area (Å²) in [5.74, 6) is 5.68. The van der Waals surface area contributed by atoms with Crippen LogP contribution in [0.1, 0.15) is 186 Å². The minimum atomic E-state index is -0.294. The van der Waals surface area contributed by atoms with Crippen molar-refractivity contribution >= 4 is 28.7 Å². The van der Waals surface area contributed by atoms with E-state index in [2.05, 4.69) is 237 Å². The van der Waals surface area contributed by atoms with Gasteiger partial charge in [-0.25, -0.2) is 4.98 Å². The van der Waals surface area contributed by atoms with E-state index in [9.17, 15) is 0 Å². The summed E-state index contributed by atoms with van der Waals surface area (Å²) in [6.45, 7) is 40.2. The Morgan fingerprint density at radius 3 is 1.80 bits per heavy atom. The number of ether oxygens (including phenoxy) is 1. The largest absolute Gasteiger partial charge is 2.00 e. The molecule has 2 aliphatic rings. The van der Waals surface area contributed by atoms with Gasteiger partial charge in [-0.1, -0.05) is 196 Å². The number of aliphatic imine (C=N–C) groups is 1. The molecule has 2 aliphatic heterocycles. The van der Waals surface area contributed by atoms with Crippen molar-refractivity contribution in [2.24, 2.45) is 22.7 Å². The molecule has 370 valence electrons. The first-order valence-electron chi connectivity index (χ1n) is 25.9. The van der Waals surface area contributed by atoms with Gasteiger partial charge in [-0.2, -0.15) is 6.07 Å². The Hall–Kier alpha value is -4.99. The molecule has 6 aromatic rings. The van der Waals surface area contributed by atoms with E-state index < -0.39 is 0 Å². The predicted molar refractivity (Wildman–Crippen MR) is 293 cm³/mol. The molecular weight excluding hydrogens is 1040 g/mol. The van der Waals surface area contributed by atoms with Crippen LogP contribution in [0.5, 0.6) is 11.5 Å². The molecular formula is C64H78N4OPt. The second-order valence-electron chi connectivity index (χ2n) is 23.4. The van der Waals surface area contributed by atoms with Crippen molar-refractivity contribution in [1.29, 1.82) is 0 Å². The number of hydrogen-bond donors (Lipinski definition) is 0. The average Bonchev–Trinajstić information content (AvgIpc) is 3.72. The molecule has 5 aromatic carbocycles. The van der Waals surface area contributed by atoms with Crippen molar-refractivity contribution in [2.45, 2.75) is 158 Å². The summed E-state index contributed by atoms with van der Waals surface area (Å²) in [4.78, 5) is 15.7. The summed E-state index contributed by atoms with van der Waals surface area (Å²) in [7, 11) is 0. The molecule has 0 saturated heterocycles. The van der Waals surface area contributed by atoms with Crippen molar-refractivity contribution in [3.05, 3.63) is 160 Å². The molecule has 1 atom stereocenters. The number of amidine groups is 1. The van der Waals surface area contributed by atoms with Crippen LogP contribution < -0.4 is 14.5 Å². The van der Waals surface area contributed by atoms with Gasteiger partial charge in [0.25, 0.3) is 0 Å². The van der Waals surface area contributed by atoms with Crippen LogP contribution in [0.25, 0.3) is 11.1 Å². The van der Waals surface area contributed by atoms with Gasteiger partial charge in [0.1, 0.15) is 5.82 Å². The first kappa shape index (κ1) is 52.8. The summed E-state index contributed by atoms with van der Waals surface area (Å²) in [6.07, 6.45) is 1.94. The summed E-state index contributed by atoms with van der Waals surface area (Å²) in [6, 6.07) is 43.5. The molecule has 3 heterocycles. The van der Waals surface area contributed by atoms with Gasteiger partial charge in [-0.3, -0.25) is 0 Å². The summed E-state index contributed by atoms with van der Waals surface area (Å²) in [5.41, 5.74) is 15.3. The molecule has 70 heavy (non-hydrogen) atoms. The number of pyridine rings is 1. The van der Waals surface area contributed by atoms with Crippen molar-refractivity contribution < 1.29 is 25.8 Å². The van der Waals surface area contributed by atoms with Gasteiger partial charge >= 0.3 is 21.1 Å². The molecule has 0 fully saturated rings. The van der Waals surface area contributed by atoms with Crippen LogP contribution in [0.2, 0.25) is 0 Å².